The van der Waals surface area contributed by atoms with Crippen LogP contribution < -0.4 is 5.32 Å². The highest BCUT2D eigenvalue weighted by Crippen LogP contribution is 2.56. The van der Waals surface area contributed by atoms with Crippen molar-refractivity contribution >= 4 is 11.5 Å². The maximum Gasteiger partial charge on any atom is 0.137 e. The lowest BCUT2D eigenvalue weighted by atomic mass is 9.83. The van der Waals surface area contributed by atoms with Gasteiger partial charge in [0.2, 0.25) is 0 Å². The van der Waals surface area contributed by atoms with Gasteiger partial charge in [-0.2, -0.15) is 0 Å². The molecule has 1 spiro atoms. The predicted molar refractivity (Wildman–Crippen MR) is 114 cm³/mol. The van der Waals surface area contributed by atoms with Gasteiger partial charge in [-0.05, 0) is 85.6 Å². The lowest BCUT2D eigenvalue weighted by molar-refractivity contribution is 0.280. The number of fused-ring (bicyclic) bond motifs is 1. The Hall–Kier alpha value is -2.40. The normalized spacial score (nSPS) is 22.9. The Morgan fingerprint density at radius 1 is 1.17 bits per heavy atom. The Labute approximate surface area is 171 Å². The number of aromatic nitrogens is 3. The van der Waals surface area contributed by atoms with E-state index in [0.29, 0.717) is 17.4 Å². The molecule has 5 heteroatoms. The molecule has 3 aromatic heterocycles. The summed E-state index contributed by atoms with van der Waals surface area (Å²) in [7, 11) is 0. The number of aliphatic hydroxyl groups is 1. The highest BCUT2D eigenvalue weighted by Gasteiger charge is 2.45. The minimum absolute atomic E-state index is 0.0745. The van der Waals surface area contributed by atoms with Crippen LogP contribution in [0.2, 0.25) is 0 Å². The van der Waals surface area contributed by atoms with Gasteiger partial charge in [-0.15, -0.1) is 0 Å². The number of nitrogens with one attached hydrogen (secondary N) is 1. The molecule has 0 saturated heterocycles. The van der Waals surface area contributed by atoms with Gasteiger partial charge in [-0.1, -0.05) is 12.5 Å². The molecule has 3 fully saturated rings. The Bertz CT molecular complexity index is 1060. The Balaban J connectivity index is 1.31. The summed E-state index contributed by atoms with van der Waals surface area (Å²) in [6.45, 7) is 0.0745. The Morgan fingerprint density at radius 2 is 2.07 bits per heavy atom. The first-order valence-corrected chi connectivity index (χ1v) is 11.1. The first kappa shape index (κ1) is 17.5. The second-order valence-corrected chi connectivity index (χ2v) is 9.40. The van der Waals surface area contributed by atoms with Crippen molar-refractivity contribution in [2.75, 3.05) is 5.32 Å². The van der Waals surface area contributed by atoms with E-state index in [4.69, 9.17) is 4.98 Å². The lowest BCUT2D eigenvalue weighted by Gasteiger charge is -2.30. The monoisotopic (exact) mass is 388 g/mol. The molecule has 3 aliphatic rings. The number of pyridine rings is 2. The zero-order valence-corrected chi connectivity index (χ0v) is 16.8. The number of aliphatic hydroxyl groups excluding tert-OH is 1. The number of hydrogen-bond donors (Lipinski definition) is 2. The third kappa shape index (κ3) is 3.21. The van der Waals surface area contributed by atoms with Crippen molar-refractivity contribution in [3.8, 4) is 11.4 Å². The Morgan fingerprint density at radius 3 is 2.86 bits per heavy atom. The van der Waals surface area contributed by atoms with Crippen LogP contribution in [0.25, 0.3) is 17.0 Å². The molecule has 3 aliphatic carbocycles. The number of nitrogens with zero attached hydrogens (tertiary/aromatic N) is 3. The van der Waals surface area contributed by atoms with Crippen molar-refractivity contribution in [2.24, 2.45) is 5.41 Å². The molecule has 3 heterocycles. The summed E-state index contributed by atoms with van der Waals surface area (Å²) in [5.41, 5.74) is 5.74. The molecule has 0 radical (unpaired) electrons. The topological polar surface area (TPSA) is 62.5 Å². The molecule has 3 saturated carbocycles. The molecule has 0 bridgehead atoms. The highest BCUT2D eigenvalue weighted by molar-refractivity contribution is 5.63. The van der Waals surface area contributed by atoms with Crippen LogP contribution in [0.5, 0.6) is 0 Å². The van der Waals surface area contributed by atoms with Gasteiger partial charge in [0.25, 0.3) is 0 Å². The van der Waals surface area contributed by atoms with Crippen molar-refractivity contribution in [3.63, 3.8) is 0 Å². The molecule has 0 aliphatic heterocycles. The minimum atomic E-state index is 0.0745. The summed E-state index contributed by atoms with van der Waals surface area (Å²) in [5, 5.41) is 13.5. The predicted octanol–water partition coefficient (Wildman–Crippen LogP) is 4.90. The molecule has 6 rings (SSSR count). The van der Waals surface area contributed by atoms with Gasteiger partial charge >= 0.3 is 0 Å². The lowest BCUT2D eigenvalue weighted by Crippen LogP contribution is -2.28. The standard InChI is InChI=1S/C24H28N4O/c29-15-17-11-23-25-13-21(28(23)14-19(17)16-6-7-16)20-4-1-5-22(27-20)26-18-3-2-8-24(12-18)9-10-24/h1,4-5,11,13-14,16,18,29H,2-3,6-10,12,15H2,(H,26,27). The maximum absolute atomic E-state index is 9.75. The van der Waals surface area contributed by atoms with Gasteiger partial charge in [0.05, 0.1) is 24.2 Å². The van der Waals surface area contributed by atoms with Crippen molar-refractivity contribution in [2.45, 2.75) is 69.9 Å². The van der Waals surface area contributed by atoms with E-state index in [9.17, 15) is 5.11 Å². The first-order valence-electron chi connectivity index (χ1n) is 11.1. The van der Waals surface area contributed by atoms with E-state index in [1.54, 1.807) is 0 Å². The third-order valence-corrected chi connectivity index (χ3v) is 7.22. The fraction of sp³-hybridized carbons (Fsp3) is 0.500. The molecule has 0 amide bonds. The number of imidazole rings is 1. The Kier molecular flexibility index (Phi) is 3.95. The van der Waals surface area contributed by atoms with Crippen LogP contribution in [0, 0.1) is 5.41 Å². The van der Waals surface area contributed by atoms with Crippen molar-refractivity contribution in [1.82, 2.24) is 14.4 Å². The molecule has 5 nitrogen and oxygen atoms in total. The molecule has 29 heavy (non-hydrogen) atoms. The van der Waals surface area contributed by atoms with E-state index in [0.717, 1.165) is 28.4 Å². The van der Waals surface area contributed by atoms with Crippen molar-refractivity contribution < 1.29 is 5.11 Å². The molecule has 1 unspecified atom stereocenters. The van der Waals surface area contributed by atoms with Crippen LogP contribution in [0.3, 0.4) is 0 Å². The van der Waals surface area contributed by atoms with E-state index < -0.39 is 0 Å². The van der Waals surface area contributed by atoms with Crippen LogP contribution in [0.1, 0.15) is 68.4 Å². The second-order valence-electron chi connectivity index (χ2n) is 9.40. The second kappa shape index (κ2) is 6.56. The zero-order chi connectivity index (χ0) is 19.4. The summed E-state index contributed by atoms with van der Waals surface area (Å²) < 4.78 is 2.14. The van der Waals surface area contributed by atoms with Gasteiger partial charge in [-0.25, -0.2) is 9.97 Å². The molecular weight excluding hydrogens is 360 g/mol. The minimum Gasteiger partial charge on any atom is -0.392 e. The molecule has 3 aromatic rings. The van der Waals surface area contributed by atoms with Crippen LogP contribution in [0.15, 0.2) is 36.7 Å². The SMILES string of the molecule is OCc1cc2ncc(-c3cccc(NC4CCCC5(CC5)C4)n3)n2cc1C1CC1. The molecule has 150 valence electrons. The zero-order valence-electron chi connectivity index (χ0n) is 16.8. The van der Waals surface area contributed by atoms with Gasteiger partial charge in [-0.3, -0.25) is 4.40 Å². The quantitative estimate of drug-likeness (QED) is 0.652. The fourth-order valence-electron chi connectivity index (χ4n) is 5.24. The van der Waals surface area contributed by atoms with Crippen molar-refractivity contribution in [1.29, 1.82) is 0 Å². The smallest absolute Gasteiger partial charge is 0.137 e. The number of rotatable bonds is 5. The van der Waals surface area contributed by atoms with Gasteiger partial charge in [0, 0.05) is 12.2 Å². The van der Waals surface area contributed by atoms with E-state index >= 15 is 0 Å². The van der Waals surface area contributed by atoms with E-state index in [-0.39, 0.29) is 6.61 Å². The van der Waals surface area contributed by atoms with E-state index in [2.05, 4.69) is 39.1 Å². The summed E-state index contributed by atoms with van der Waals surface area (Å²) >= 11 is 0. The van der Waals surface area contributed by atoms with Crippen LogP contribution in [-0.2, 0) is 6.61 Å². The summed E-state index contributed by atoms with van der Waals surface area (Å²) in [6, 6.07) is 8.81. The van der Waals surface area contributed by atoms with Crippen LogP contribution >= 0.6 is 0 Å². The summed E-state index contributed by atoms with van der Waals surface area (Å²) in [4.78, 5) is 9.53. The van der Waals surface area contributed by atoms with E-state index in [1.807, 2.05) is 12.3 Å². The first-order chi connectivity index (χ1) is 14.2. The third-order valence-electron chi connectivity index (χ3n) is 7.22. The average Bonchev–Trinajstić information content (AvgIpc) is 3.67. The molecule has 2 N–H and O–H groups in total. The number of anilines is 1. The van der Waals surface area contributed by atoms with Crippen LogP contribution in [-0.4, -0.2) is 25.5 Å². The highest BCUT2D eigenvalue weighted by atomic mass is 16.3. The molecule has 0 aromatic carbocycles. The van der Waals surface area contributed by atoms with E-state index in [1.165, 1.54) is 56.9 Å². The maximum atomic E-state index is 9.75. The van der Waals surface area contributed by atoms with Gasteiger partial charge in [0.15, 0.2) is 0 Å². The number of hydrogen-bond acceptors (Lipinski definition) is 4. The summed E-state index contributed by atoms with van der Waals surface area (Å²) in [5.74, 6) is 1.55. The summed E-state index contributed by atoms with van der Waals surface area (Å²) in [6.07, 6.45) is 14.6. The molecule has 1 atom stereocenters. The fourth-order valence-corrected chi connectivity index (χ4v) is 5.24. The van der Waals surface area contributed by atoms with Crippen LogP contribution in [0.4, 0.5) is 5.82 Å². The van der Waals surface area contributed by atoms with Crippen molar-refractivity contribution in [3.05, 3.63) is 47.8 Å². The average molecular weight is 389 g/mol. The van der Waals surface area contributed by atoms with Gasteiger partial charge in [0.1, 0.15) is 11.5 Å². The largest absolute Gasteiger partial charge is 0.392 e. The molecular formula is C24H28N4O. The van der Waals surface area contributed by atoms with Gasteiger partial charge < -0.3 is 10.4 Å².